The summed E-state index contributed by atoms with van der Waals surface area (Å²) < 4.78 is 15.3. The summed E-state index contributed by atoms with van der Waals surface area (Å²) in [6, 6.07) is 12.0. The number of fused-ring (bicyclic) bond motifs is 1. The van der Waals surface area contributed by atoms with Crippen molar-refractivity contribution in [1.82, 2.24) is 24.6 Å². The van der Waals surface area contributed by atoms with Crippen molar-refractivity contribution >= 4 is 28.4 Å². The normalized spacial score (nSPS) is 14.1. The number of anilines is 1. The van der Waals surface area contributed by atoms with Crippen LogP contribution in [-0.2, 0) is 6.42 Å². The van der Waals surface area contributed by atoms with Gasteiger partial charge in [0.15, 0.2) is 5.65 Å². The third-order valence-electron chi connectivity index (χ3n) is 6.66. The number of nitro benzene ring substituents is 1. The van der Waals surface area contributed by atoms with Gasteiger partial charge < -0.3 is 9.80 Å². The molecule has 0 radical (unpaired) electrons. The lowest BCUT2D eigenvalue weighted by molar-refractivity contribution is -0.384. The number of nitrogens with zero attached hydrogens (tertiary/aromatic N) is 7. The topological polar surface area (TPSA) is 110 Å². The first-order valence-corrected chi connectivity index (χ1v) is 12.7. The maximum atomic E-state index is 13.6. The van der Waals surface area contributed by atoms with E-state index in [0.717, 1.165) is 23.3 Å². The van der Waals surface area contributed by atoms with E-state index in [0.29, 0.717) is 61.7 Å². The highest BCUT2D eigenvalue weighted by Gasteiger charge is 2.26. The molecule has 1 aliphatic rings. The molecule has 11 heteroatoms. The number of non-ortho nitro benzene ring substituents is 1. The lowest BCUT2D eigenvalue weighted by Gasteiger charge is -2.24. The zero-order valence-corrected chi connectivity index (χ0v) is 21.3. The van der Waals surface area contributed by atoms with Gasteiger partial charge in [0.1, 0.15) is 17.5 Å². The van der Waals surface area contributed by atoms with Crippen LogP contribution in [0.4, 0.5) is 15.9 Å². The molecule has 0 atom stereocenters. The molecule has 1 amide bonds. The fourth-order valence-corrected chi connectivity index (χ4v) is 4.80. The van der Waals surface area contributed by atoms with Crippen LogP contribution in [0.5, 0.6) is 0 Å². The van der Waals surface area contributed by atoms with E-state index < -0.39 is 4.92 Å². The van der Waals surface area contributed by atoms with E-state index in [-0.39, 0.29) is 17.4 Å². The van der Waals surface area contributed by atoms with Gasteiger partial charge in [-0.15, -0.1) is 0 Å². The molecule has 2 aromatic heterocycles. The number of hydrogen-bond donors (Lipinski definition) is 0. The molecule has 1 aliphatic heterocycles. The van der Waals surface area contributed by atoms with E-state index in [4.69, 9.17) is 15.1 Å². The zero-order valence-electron chi connectivity index (χ0n) is 21.3. The molecule has 4 aromatic rings. The summed E-state index contributed by atoms with van der Waals surface area (Å²) in [6.45, 7) is 6.17. The Morgan fingerprint density at radius 1 is 1.08 bits per heavy atom. The summed E-state index contributed by atoms with van der Waals surface area (Å²) in [5, 5.41) is 16.7. The minimum atomic E-state index is -0.496. The van der Waals surface area contributed by atoms with Gasteiger partial charge in [-0.05, 0) is 50.1 Å². The number of aromatic nitrogens is 4. The maximum absolute atomic E-state index is 13.6. The highest BCUT2D eigenvalue weighted by Crippen LogP contribution is 2.30. The van der Waals surface area contributed by atoms with E-state index in [1.807, 2.05) is 6.92 Å². The predicted molar refractivity (Wildman–Crippen MR) is 141 cm³/mol. The molecule has 2 aromatic carbocycles. The number of carbonyl (C=O) groups is 1. The number of hydrogen-bond acceptors (Lipinski definition) is 7. The quantitative estimate of drug-likeness (QED) is 0.274. The van der Waals surface area contributed by atoms with Crippen molar-refractivity contribution in [3.63, 3.8) is 0 Å². The summed E-state index contributed by atoms with van der Waals surface area (Å²) >= 11 is 0. The molecular formula is C27H28FN7O3. The number of rotatable bonds is 6. The fraction of sp³-hybridized carbons (Fsp3) is 0.333. The molecule has 0 unspecified atom stereocenters. The molecule has 0 N–H and O–H groups in total. The monoisotopic (exact) mass is 517 g/mol. The number of amides is 1. The third kappa shape index (κ3) is 4.91. The summed E-state index contributed by atoms with van der Waals surface area (Å²) in [6.07, 6.45) is 2.28. The maximum Gasteiger partial charge on any atom is 0.270 e. The predicted octanol–water partition coefficient (Wildman–Crippen LogP) is 4.48. The van der Waals surface area contributed by atoms with Crippen LogP contribution in [0.3, 0.4) is 0 Å². The standard InChI is InChI=1S/C27H28FN7O3/c1-3-6-23-29-25(24-18(2)31-34(26(24)30-23)21-11-9-20(28)10-12-21)32-13-5-14-33(16-15-32)27(36)19-7-4-8-22(17-19)35(37)38/h4,7-12,17H,3,5-6,13-16H2,1-2H3. The fourth-order valence-electron chi connectivity index (χ4n) is 4.80. The zero-order chi connectivity index (χ0) is 26.8. The Labute approximate surface area is 218 Å². The van der Waals surface area contributed by atoms with Crippen LogP contribution < -0.4 is 4.90 Å². The second kappa shape index (κ2) is 10.5. The Morgan fingerprint density at radius 3 is 2.61 bits per heavy atom. The highest BCUT2D eigenvalue weighted by atomic mass is 19.1. The van der Waals surface area contributed by atoms with Crippen molar-refractivity contribution in [3.05, 3.63) is 81.5 Å². The molecule has 1 fully saturated rings. The van der Waals surface area contributed by atoms with Crippen LogP contribution in [-0.4, -0.2) is 61.7 Å². The van der Waals surface area contributed by atoms with Gasteiger partial charge in [-0.1, -0.05) is 13.0 Å². The van der Waals surface area contributed by atoms with E-state index >= 15 is 0 Å². The summed E-state index contributed by atoms with van der Waals surface area (Å²) in [5.41, 5.74) is 2.33. The Balaban J connectivity index is 1.47. The summed E-state index contributed by atoms with van der Waals surface area (Å²) in [7, 11) is 0. The molecule has 3 heterocycles. The molecule has 10 nitrogen and oxygen atoms in total. The molecule has 0 bridgehead atoms. The van der Waals surface area contributed by atoms with Crippen LogP contribution in [0.25, 0.3) is 16.7 Å². The average Bonchev–Trinajstić information content (AvgIpc) is 3.08. The molecule has 196 valence electrons. The first-order valence-electron chi connectivity index (χ1n) is 12.7. The molecule has 38 heavy (non-hydrogen) atoms. The average molecular weight is 518 g/mol. The Morgan fingerprint density at radius 2 is 1.87 bits per heavy atom. The molecule has 5 rings (SSSR count). The van der Waals surface area contributed by atoms with Gasteiger partial charge in [-0.25, -0.2) is 19.0 Å². The van der Waals surface area contributed by atoms with E-state index in [1.54, 1.807) is 27.8 Å². The largest absolute Gasteiger partial charge is 0.354 e. The number of benzene rings is 2. The lowest BCUT2D eigenvalue weighted by Crippen LogP contribution is -2.35. The number of halogens is 1. The molecular weight excluding hydrogens is 489 g/mol. The van der Waals surface area contributed by atoms with Crippen molar-refractivity contribution < 1.29 is 14.1 Å². The van der Waals surface area contributed by atoms with Gasteiger partial charge in [0, 0.05) is 50.3 Å². The van der Waals surface area contributed by atoms with Gasteiger partial charge in [0.2, 0.25) is 0 Å². The Bertz CT molecular complexity index is 1500. The first-order chi connectivity index (χ1) is 18.4. The summed E-state index contributed by atoms with van der Waals surface area (Å²) in [4.78, 5) is 37.5. The molecule has 0 spiro atoms. The van der Waals surface area contributed by atoms with Crippen LogP contribution in [0.15, 0.2) is 48.5 Å². The van der Waals surface area contributed by atoms with Crippen molar-refractivity contribution in [2.24, 2.45) is 0 Å². The van der Waals surface area contributed by atoms with Gasteiger partial charge >= 0.3 is 0 Å². The van der Waals surface area contributed by atoms with E-state index in [9.17, 15) is 19.3 Å². The van der Waals surface area contributed by atoms with Gasteiger partial charge in [-0.3, -0.25) is 14.9 Å². The van der Waals surface area contributed by atoms with Crippen LogP contribution >= 0.6 is 0 Å². The van der Waals surface area contributed by atoms with Crippen LogP contribution in [0.2, 0.25) is 0 Å². The Hall–Kier alpha value is -4.41. The van der Waals surface area contributed by atoms with Crippen LogP contribution in [0.1, 0.15) is 41.6 Å². The van der Waals surface area contributed by atoms with Crippen molar-refractivity contribution in [1.29, 1.82) is 0 Å². The number of carbonyl (C=O) groups excluding carboxylic acids is 1. The third-order valence-corrected chi connectivity index (χ3v) is 6.66. The second-order valence-corrected chi connectivity index (χ2v) is 9.33. The number of aryl methyl sites for hydroxylation is 2. The highest BCUT2D eigenvalue weighted by molar-refractivity contribution is 5.95. The molecule has 0 aliphatic carbocycles. The SMILES string of the molecule is CCCc1nc(N2CCCN(C(=O)c3cccc([N+](=O)[O-])c3)CC2)c2c(C)nn(-c3ccc(F)cc3)c2n1. The van der Waals surface area contributed by atoms with Crippen LogP contribution in [0, 0.1) is 22.9 Å². The van der Waals surface area contributed by atoms with Crippen molar-refractivity contribution in [3.8, 4) is 5.69 Å². The summed E-state index contributed by atoms with van der Waals surface area (Å²) in [5.74, 6) is 0.925. The number of nitro groups is 1. The second-order valence-electron chi connectivity index (χ2n) is 9.33. The minimum Gasteiger partial charge on any atom is -0.354 e. The first kappa shape index (κ1) is 25.2. The lowest BCUT2D eigenvalue weighted by atomic mass is 10.1. The van der Waals surface area contributed by atoms with Crippen molar-refractivity contribution in [2.45, 2.75) is 33.1 Å². The smallest absolute Gasteiger partial charge is 0.270 e. The molecule has 1 saturated heterocycles. The van der Waals surface area contributed by atoms with E-state index in [1.165, 1.54) is 30.3 Å². The van der Waals surface area contributed by atoms with Gasteiger partial charge in [0.05, 0.1) is 21.7 Å². The van der Waals surface area contributed by atoms with Gasteiger partial charge in [0.25, 0.3) is 11.6 Å². The molecule has 0 saturated carbocycles. The van der Waals surface area contributed by atoms with E-state index in [2.05, 4.69) is 11.8 Å². The van der Waals surface area contributed by atoms with Gasteiger partial charge in [-0.2, -0.15) is 5.10 Å². The Kier molecular flexibility index (Phi) is 6.99. The van der Waals surface area contributed by atoms with Crippen molar-refractivity contribution in [2.75, 3.05) is 31.1 Å². The minimum absolute atomic E-state index is 0.104.